The van der Waals surface area contributed by atoms with Crippen LogP contribution < -0.4 is 11.1 Å². The first-order chi connectivity index (χ1) is 14.0. The van der Waals surface area contributed by atoms with Crippen LogP contribution in [0.2, 0.25) is 0 Å². The number of piperidine rings is 1. The van der Waals surface area contributed by atoms with Crippen molar-refractivity contribution in [2.45, 2.75) is 31.8 Å². The lowest BCUT2D eigenvalue weighted by atomic mass is 9.67. The fourth-order valence-electron chi connectivity index (χ4n) is 5.50. The maximum Gasteiger partial charge on any atom is 0.262 e. The normalized spacial score (nSPS) is 31.6. The van der Waals surface area contributed by atoms with Crippen molar-refractivity contribution >= 4 is 23.6 Å². The third kappa shape index (κ3) is 2.81. The molecule has 4 aliphatic rings. The first kappa shape index (κ1) is 18.4. The molecule has 0 radical (unpaired) electrons. The monoisotopic (exact) mass is 396 g/mol. The highest BCUT2D eigenvalue weighted by Crippen LogP contribution is 2.45. The standard InChI is InChI=1S/C21H24N4O4/c22-7-12-6-13-9-24(10-15(12)13)8-11-2-1-3-14-18(11)21(29)25(20(14)28)16-4-5-17(26)23-19(16)27/h1-3,12-13,15-16H,4-10,22H2,(H,23,26,27)/t12-,13-,15-,16?/m0/s1. The van der Waals surface area contributed by atoms with Crippen LogP contribution in [0.4, 0.5) is 0 Å². The van der Waals surface area contributed by atoms with E-state index in [1.807, 2.05) is 6.07 Å². The minimum absolute atomic E-state index is 0.121. The van der Waals surface area contributed by atoms with Crippen LogP contribution in [-0.2, 0) is 16.1 Å². The van der Waals surface area contributed by atoms with Crippen molar-refractivity contribution < 1.29 is 19.2 Å². The highest BCUT2D eigenvalue weighted by atomic mass is 16.2. The molecule has 0 bridgehead atoms. The second-order valence-electron chi connectivity index (χ2n) is 8.64. The highest BCUT2D eigenvalue weighted by molar-refractivity contribution is 6.24. The molecule has 3 heterocycles. The predicted octanol–water partition coefficient (Wildman–Crippen LogP) is 0.114. The molecule has 8 nitrogen and oxygen atoms in total. The van der Waals surface area contributed by atoms with Gasteiger partial charge < -0.3 is 5.73 Å². The zero-order valence-corrected chi connectivity index (χ0v) is 16.1. The van der Waals surface area contributed by atoms with E-state index in [9.17, 15) is 19.2 Å². The van der Waals surface area contributed by atoms with Gasteiger partial charge in [-0.05, 0) is 48.8 Å². The molecule has 0 spiro atoms. The first-order valence-corrected chi connectivity index (χ1v) is 10.2. The second-order valence-corrected chi connectivity index (χ2v) is 8.64. The Morgan fingerprint density at radius 2 is 1.93 bits per heavy atom. The van der Waals surface area contributed by atoms with Crippen LogP contribution in [0.5, 0.6) is 0 Å². The molecule has 0 aromatic heterocycles. The van der Waals surface area contributed by atoms with Crippen LogP contribution in [-0.4, -0.2) is 59.1 Å². The Hall–Kier alpha value is -2.58. The van der Waals surface area contributed by atoms with E-state index in [2.05, 4.69) is 10.2 Å². The summed E-state index contributed by atoms with van der Waals surface area (Å²) >= 11 is 0. The van der Waals surface area contributed by atoms with Gasteiger partial charge in [-0.3, -0.25) is 34.3 Å². The number of hydrogen-bond acceptors (Lipinski definition) is 6. The number of imide groups is 2. The molecule has 152 valence electrons. The Labute approximate surface area is 168 Å². The first-order valence-electron chi connectivity index (χ1n) is 10.2. The van der Waals surface area contributed by atoms with E-state index >= 15 is 0 Å². The van der Waals surface area contributed by atoms with Crippen LogP contribution in [0.1, 0.15) is 45.5 Å². The number of benzene rings is 1. The Kier molecular flexibility index (Phi) is 4.29. The summed E-state index contributed by atoms with van der Waals surface area (Å²) < 4.78 is 0. The van der Waals surface area contributed by atoms with Gasteiger partial charge in [0.25, 0.3) is 11.8 Å². The molecular weight excluding hydrogens is 372 g/mol. The minimum atomic E-state index is -0.930. The number of nitrogens with one attached hydrogen (secondary N) is 1. The van der Waals surface area contributed by atoms with Crippen molar-refractivity contribution in [3.8, 4) is 0 Å². The smallest absolute Gasteiger partial charge is 0.262 e. The molecule has 4 amide bonds. The number of carbonyl (C=O) groups excluding carboxylic acids is 4. The summed E-state index contributed by atoms with van der Waals surface area (Å²) in [5, 5.41) is 2.23. The molecule has 5 rings (SSSR count). The van der Waals surface area contributed by atoms with Gasteiger partial charge in [-0.25, -0.2) is 0 Å². The van der Waals surface area contributed by atoms with Gasteiger partial charge in [-0.1, -0.05) is 12.1 Å². The van der Waals surface area contributed by atoms with Crippen LogP contribution >= 0.6 is 0 Å². The van der Waals surface area contributed by atoms with Crippen LogP contribution in [0.3, 0.4) is 0 Å². The second kappa shape index (κ2) is 6.74. The molecule has 8 heteroatoms. The zero-order chi connectivity index (χ0) is 20.3. The lowest BCUT2D eigenvalue weighted by Gasteiger charge is -2.38. The van der Waals surface area contributed by atoms with Crippen molar-refractivity contribution in [1.82, 2.24) is 15.1 Å². The molecule has 1 saturated carbocycles. The topological polar surface area (TPSA) is 113 Å². The summed E-state index contributed by atoms with van der Waals surface area (Å²) in [7, 11) is 0. The minimum Gasteiger partial charge on any atom is -0.330 e. The molecule has 1 unspecified atom stereocenters. The van der Waals surface area contributed by atoms with Crippen molar-refractivity contribution in [2.24, 2.45) is 23.5 Å². The van der Waals surface area contributed by atoms with Gasteiger partial charge in [0.15, 0.2) is 0 Å². The molecule has 1 aromatic carbocycles. The van der Waals surface area contributed by atoms with E-state index in [-0.39, 0.29) is 18.7 Å². The summed E-state index contributed by atoms with van der Waals surface area (Å²) in [6.45, 7) is 3.29. The van der Waals surface area contributed by atoms with Gasteiger partial charge >= 0.3 is 0 Å². The number of carbonyl (C=O) groups is 4. The third-order valence-corrected chi connectivity index (χ3v) is 7.03. The quantitative estimate of drug-likeness (QED) is 0.699. The largest absolute Gasteiger partial charge is 0.330 e. The van der Waals surface area contributed by atoms with Gasteiger partial charge in [-0.15, -0.1) is 0 Å². The fourth-order valence-corrected chi connectivity index (χ4v) is 5.50. The molecule has 1 aromatic rings. The van der Waals surface area contributed by atoms with Gasteiger partial charge in [0.2, 0.25) is 11.8 Å². The van der Waals surface area contributed by atoms with Gasteiger partial charge in [0.1, 0.15) is 6.04 Å². The average Bonchev–Trinajstić information content (AvgIpc) is 3.12. The summed E-state index contributed by atoms with van der Waals surface area (Å²) in [5.74, 6) is 0.0665. The van der Waals surface area contributed by atoms with E-state index in [4.69, 9.17) is 5.73 Å². The van der Waals surface area contributed by atoms with Crippen molar-refractivity contribution in [1.29, 1.82) is 0 Å². The number of nitrogens with two attached hydrogens (primary N) is 1. The summed E-state index contributed by atoms with van der Waals surface area (Å²) in [6.07, 6.45) is 1.46. The Morgan fingerprint density at radius 1 is 1.10 bits per heavy atom. The maximum atomic E-state index is 13.2. The van der Waals surface area contributed by atoms with Crippen molar-refractivity contribution in [2.75, 3.05) is 19.6 Å². The van der Waals surface area contributed by atoms with E-state index < -0.39 is 23.8 Å². The average molecular weight is 396 g/mol. The van der Waals surface area contributed by atoms with E-state index in [1.54, 1.807) is 12.1 Å². The number of hydrogen-bond donors (Lipinski definition) is 2. The summed E-state index contributed by atoms with van der Waals surface area (Å²) in [4.78, 5) is 53.2. The number of amides is 4. The number of likely N-dealkylation sites (tertiary alicyclic amines) is 1. The molecule has 1 aliphatic carbocycles. The zero-order valence-electron chi connectivity index (χ0n) is 16.1. The van der Waals surface area contributed by atoms with Gasteiger partial charge in [-0.2, -0.15) is 0 Å². The SMILES string of the molecule is NC[C@@H]1C[C@H]2CN(Cc3cccc4c3C(=O)N(C3CCC(=O)NC3=O)C4=O)C[C@@H]12. The number of fused-ring (bicyclic) bond motifs is 2. The highest BCUT2D eigenvalue weighted by Gasteiger charge is 2.48. The Morgan fingerprint density at radius 3 is 2.69 bits per heavy atom. The molecular formula is C21H24N4O4. The number of rotatable bonds is 4. The molecule has 29 heavy (non-hydrogen) atoms. The van der Waals surface area contributed by atoms with Gasteiger partial charge in [0.05, 0.1) is 11.1 Å². The van der Waals surface area contributed by atoms with Crippen LogP contribution in [0.25, 0.3) is 0 Å². The molecule has 3 fully saturated rings. The molecule has 3 N–H and O–H groups in total. The van der Waals surface area contributed by atoms with E-state index in [0.29, 0.717) is 35.4 Å². The van der Waals surface area contributed by atoms with E-state index in [1.165, 1.54) is 6.42 Å². The summed E-state index contributed by atoms with van der Waals surface area (Å²) in [6, 6.07) is 4.39. The predicted molar refractivity (Wildman–Crippen MR) is 103 cm³/mol. The van der Waals surface area contributed by atoms with Crippen LogP contribution in [0.15, 0.2) is 18.2 Å². The Balaban J connectivity index is 1.38. The van der Waals surface area contributed by atoms with E-state index in [0.717, 1.165) is 30.1 Å². The maximum absolute atomic E-state index is 13.2. The lowest BCUT2D eigenvalue weighted by Crippen LogP contribution is -2.54. The molecule has 2 saturated heterocycles. The number of nitrogens with zero attached hydrogens (tertiary/aromatic N) is 2. The van der Waals surface area contributed by atoms with Crippen LogP contribution in [0, 0.1) is 17.8 Å². The third-order valence-electron chi connectivity index (χ3n) is 7.03. The summed E-state index contributed by atoms with van der Waals surface area (Å²) in [5.41, 5.74) is 7.41. The molecule has 4 atom stereocenters. The van der Waals surface area contributed by atoms with Crippen molar-refractivity contribution in [3.05, 3.63) is 34.9 Å². The molecule has 3 aliphatic heterocycles. The van der Waals surface area contributed by atoms with Crippen molar-refractivity contribution in [3.63, 3.8) is 0 Å². The lowest BCUT2D eigenvalue weighted by molar-refractivity contribution is -0.136. The van der Waals surface area contributed by atoms with Gasteiger partial charge in [0, 0.05) is 26.1 Å². The fraction of sp³-hybridized carbons (Fsp3) is 0.524. The Bertz CT molecular complexity index is 929.